The Kier molecular flexibility index (Phi) is 4.50. The zero-order chi connectivity index (χ0) is 16.6. The number of amides is 1. The van der Waals surface area contributed by atoms with Crippen LogP contribution in [0.5, 0.6) is 0 Å². The summed E-state index contributed by atoms with van der Waals surface area (Å²) in [6.45, 7) is 7.87. The van der Waals surface area contributed by atoms with Crippen molar-refractivity contribution >= 4 is 11.7 Å². The van der Waals surface area contributed by atoms with Crippen LogP contribution in [0.25, 0.3) is 0 Å². The number of aromatic nitrogens is 2. The Labute approximate surface area is 136 Å². The number of hydrogen-bond acceptors (Lipinski definition) is 6. The van der Waals surface area contributed by atoms with Crippen molar-refractivity contribution in [2.75, 3.05) is 31.1 Å². The van der Waals surface area contributed by atoms with E-state index in [0.717, 1.165) is 17.8 Å². The minimum absolute atomic E-state index is 0.00596. The zero-order valence-electron chi connectivity index (χ0n) is 13.9. The molecule has 0 aliphatic carbocycles. The Bertz CT molecular complexity index is 605. The van der Waals surface area contributed by atoms with Crippen molar-refractivity contribution < 1.29 is 14.6 Å². The molecule has 126 valence electrons. The molecule has 3 rings (SSSR count). The molecule has 1 aromatic rings. The van der Waals surface area contributed by atoms with Crippen LogP contribution in [0.3, 0.4) is 0 Å². The first-order valence-electron chi connectivity index (χ1n) is 8.19. The molecule has 1 aromatic heterocycles. The van der Waals surface area contributed by atoms with Crippen LogP contribution in [0, 0.1) is 0 Å². The smallest absolute Gasteiger partial charge is 0.270 e. The molecule has 7 heteroatoms. The first kappa shape index (κ1) is 16.1. The quantitative estimate of drug-likeness (QED) is 0.842. The molecule has 2 aliphatic rings. The van der Waals surface area contributed by atoms with Gasteiger partial charge in [-0.1, -0.05) is 13.8 Å². The molecule has 2 N–H and O–H groups in total. The Morgan fingerprint density at radius 1 is 1.39 bits per heavy atom. The molecular weight excluding hydrogens is 296 g/mol. The summed E-state index contributed by atoms with van der Waals surface area (Å²) in [7, 11) is 0. The summed E-state index contributed by atoms with van der Waals surface area (Å²) in [4.78, 5) is 23.5. The second-order valence-electron chi connectivity index (χ2n) is 6.55. The monoisotopic (exact) mass is 320 g/mol. The first-order valence-corrected chi connectivity index (χ1v) is 8.19. The predicted octanol–water partition coefficient (Wildman–Crippen LogP) is 0.472. The maximum atomic E-state index is 12.2. The summed E-state index contributed by atoms with van der Waals surface area (Å²) in [6.07, 6.45) is 0.500. The number of anilines is 1. The third-order valence-electron chi connectivity index (χ3n) is 4.22. The maximum absolute atomic E-state index is 12.2. The van der Waals surface area contributed by atoms with Crippen molar-refractivity contribution in [3.63, 3.8) is 0 Å². The summed E-state index contributed by atoms with van der Waals surface area (Å²) < 4.78 is 5.72. The second kappa shape index (κ2) is 6.41. The minimum Gasteiger partial charge on any atom is -0.394 e. The van der Waals surface area contributed by atoms with Gasteiger partial charge in [-0.15, -0.1) is 0 Å². The number of fused-ring (bicyclic) bond motifs is 1. The number of nitrogens with zero attached hydrogens (tertiary/aromatic N) is 3. The molecule has 0 unspecified atom stereocenters. The van der Waals surface area contributed by atoms with Crippen LogP contribution in [0.15, 0.2) is 0 Å². The molecule has 0 spiro atoms. The van der Waals surface area contributed by atoms with E-state index in [4.69, 9.17) is 9.72 Å². The Morgan fingerprint density at radius 2 is 2.17 bits per heavy atom. The van der Waals surface area contributed by atoms with Gasteiger partial charge in [0.05, 0.1) is 18.8 Å². The van der Waals surface area contributed by atoms with Gasteiger partial charge in [-0.05, 0) is 13.3 Å². The minimum atomic E-state index is -0.232. The van der Waals surface area contributed by atoms with Crippen molar-refractivity contribution in [3.8, 4) is 0 Å². The summed E-state index contributed by atoms with van der Waals surface area (Å²) >= 11 is 0. The Balaban J connectivity index is 2.04. The van der Waals surface area contributed by atoms with E-state index in [2.05, 4.69) is 15.2 Å². The molecule has 7 nitrogen and oxygen atoms in total. The van der Waals surface area contributed by atoms with Crippen LogP contribution < -0.4 is 10.2 Å². The van der Waals surface area contributed by atoms with Crippen LogP contribution >= 0.6 is 0 Å². The third kappa shape index (κ3) is 3.16. The summed E-state index contributed by atoms with van der Waals surface area (Å²) in [6, 6.07) is 0. The van der Waals surface area contributed by atoms with E-state index >= 15 is 0 Å². The number of nitrogens with one attached hydrogen (secondary N) is 1. The predicted molar refractivity (Wildman–Crippen MR) is 85.8 cm³/mol. The zero-order valence-corrected chi connectivity index (χ0v) is 13.9. The Morgan fingerprint density at radius 3 is 2.87 bits per heavy atom. The van der Waals surface area contributed by atoms with Gasteiger partial charge in [-0.25, -0.2) is 9.97 Å². The van der Waals surface area contributed by atoms with E-state index in [1.54, 1.807) is 0 Å². The molecule has 0 bridgehead atoms. The molecule has 2 aliphatic heterocycles. The highest BCUT2D eigenvalue weighted by Crippen LogP contribution is 2.28. The number of ether oxygens (including phenoxy) is 1. The van der Waals surface area contributed by atoms with E-state index in [-0.39, 0.29) is 30.6 Å². The molecule has 1 amide bonds. The van der Waals surface area contributed by atoms with Crippen molar-refractivity contribution in [1.29, 1.82) is 0 Å². The van der Waals surface area contributed by atoms with Crippen LogP contribution in [-0.2, 0) is 11.2 Å². The highest BCUT2D eigenvalue weighted by atomic mass is 16.5. The normalized spacial score (nSPS) is 24.6. The lowest BCUT2D eigenvalue weighted by Crippen LogP contribution is -2.49. The van der Waals surface area contributed by atoms with Gasteiger partial charge in [-0.2, -0.15) is 0 Å². The molecule has 0 saturated carbocycles. The Hall–Kier alpha value is -1.73. The lowest BCUT2D eigenvalue weighted by atomic mass is 10.0. The average Bonchev–Trinajstić information content (AvgIpc) is 2.53. The van der Waals surface area contributed by atoms with E-state index in [1.807, 2.05) is 20.8 Å². The van der Waals surface area contributed by atoms with Crippen LogP contribution in [-0.4, -0.2) is 59.4 Å². The number of rotatable bonds is 3. The standard InChI is InChI=1S/C16H24N4O3/c1-9(2)14-18-13-12(4-5-17-16(13)22)15(19-14)20-6-10(3)23-11(7-20)8-21/h9-11,21H,4-8H2,1-3H3,(H,17,22)/t10-,11-/m0/s1. The molecule has 2 atom stereocenters. The second-order valence-corrected chi connectivity index (χ2v) is 6.55. The van der Waals surface area contributed by atoms with E-state index in [1.165, 1.54) is 0 Å². The van der Waals surface area contributed by atoms with Crippen molar-refractivity contribution in [1.82, 2.24) is 15.3 Å². The number of morpholine rings is 1. The van der Waals surface area contributed by atoms with E-state index in [0.29, 0.717) is 31.2 Å². The van der Waals surface area contributed by atoms with Crippen LogP contribution in [0.2, 0.25) is 0 Å². The number of carbonyl (C=O) groups excluding carboxylic acids is 1. The number of aliphatic hydroxyl groups is 1. The molecule has 3 heterocycles. The third-order valence-corrected chi connectivity index (χ3v) is 4.22. The molecular formula is C16H24N4O3. The number of carbonyl (C=O) groups is 1. The average molecular weight is 320 g/mol. The number of aliphatic hydroxyl groups excluding tert-OH is 1. The first-order chi connectivity index (χ1) is 11.0. The van der Waals surface area contributed by atoms with Gasteiger partial charge in [0, 0.05) is 31.1 Å². The van der Waals surface area contributed by atoms with Gasteiger partial charge >= 0.3 is 0 Å². The van der Waals surface area contributed by atoms with Crippen molar-refractivity contribution in [3.05, 3.63) is 17.1 Å². The highest BCUT2D eigenvalue weighted by molar-refractivity contribution is 5.96. The summed E-state index contributed by atoms with van der Waals surface area (Å²) in [5, 5.41) is 12.3. The summed E-state index contributed by atoms with van der Waals surface area (Å²) in [5.74, 6) is 1.51. The number of hydrogen-bond donors (Lipinski definition) is 2. The van der Waals surface area contributed by atoms with Gasteiger partial charge in [0.15, 0.2) is 0 Å². The fraction of sp³-hybridized carbons (Fsp3) is 0.688. The largest absolute Gasteiger partial charge is 0.394 e. The topological polar surface area (TPSA) is 87.6 Å². The van der Waals surface area contributed by atoms with Gasteiger partial charge in [-0.3, -0.25) is 4.79 Å². The maximum Gasteiger partial charge on any atom is 0.270 e. The van der Waals surface area contributed by atoms with Gasteiger partial charge in [0.25, 0.3) is 5.91 Å². The highest BCUT2D eigenvalue weighted by Gasteiger charge is 2.31. The lowest BCUT2D eigenvalue weighted by molar-refractivity contribution is -0.0423. The van der Waals surface area contributed by atoms with Gasteiger partial charge in [0.2, 0.25) is 0 Å². The van der Waals surface area contributed by atoms with Crippen molar-refractivity contribution in [2.45, 2.75) is 45.3 Å². The van der Waals surface area contributed by atoms with Crippen molar-refractivity contribution in [2.24, 2.45) is 0 Å². The summed E-state index contributed by atoms with van der Waals surface area (Å²) in [5.41, 5.74) is 1.40. The lowest BCUT2D eigenvalue weighted by Gasteiger charge is -2.38. The van der Waals surface area contributed by atoms with E-state index in [9.17, 15) is 9.90 Å². The molecule has 0 radical (unpaired) electrons. The molecule has 23 heavy (non-hydrogen) atoms. The SMILES string of the molecule is CC(C)c1nc2c(c(N3C[C@@H](CO)O[C@@H](C)C3)n1)CCNC2=O. The fourth-order valence-corrected chi connectivity index (χ4v) is 3.13. The van der Waals surface area contributed by atoms with E-state index < -0.39 is 0 Å². The van der Waals surface area contributed by atoms with Gasteiger partial charge in [0.1, 0.15) is 17.3 Å². The van der Waals surface area contributed by atoms with Crippen LogP contribution in [0.1, 0.15) is 48.6 Å². The molecule has 1 saturated heterocycles. The molecule has 0 aromatic carbocycles. The van der Waals surface area contributed by atoms with Crippen LogP contribution in [0.4, 0.5) is 5.82 Å². The fourth-order valence-electron chi connectivity index (χ4n) is 3.13. The molecule has 1 fully saturated rings. The van der Waals surface area contributed by atoms with Gasteiger partial charge < -0.3 is 20.1 Å².